The highest BCUT2D eigenvalue weighted by atomic mass is 19.1. The zero-order chi connectivity index (χ0) is 30.6. The van der Waals surface area contributed by atoms with Gasteiger partial charge in [0.15, 0.2) is 0 Å². The first-order valence-electron chi connectivity index (χ1n) is 14.5. The monoisotopic (exact) mass is 590 g/mol. The van der Waals surface area contributed by atoms with Gasteiger partial charge in [0.2, 0.25) is 0 Å². The van der Waals surface area contributed by atoms with Crippen molar-refractivity contribution in [1.82, 2.24) is 9.78 Å². The van der Waals surface area contributed by atoms with Gasteiger partial charge in [0.05, 0.1) is 16.9 Å². The molecule has 45 heavy (non-hydrogen) atoms. The van der Waals surface area contributed by atoms with Crippen LogP contribution in [0.5, 0.6) is 5.75 Å². The summed E-state index contributed by atoms with van der Waals surface area (Å²) in [5.74, 6) is 0.128. The van der Waals surface area contributed by atoms with Crippen LogP contribution < -0.4 is 9.75 Å². The van der Waals surface area contributed by atoms with E-state index in [1.807, 2.05) is 132 Å². The molecule has 1 aliphatic heterocycles. The molecule has 0 saturated heterocycles. The van der Waals surface area contributed by atoms with Crippen molar-refractivity contribution in [2.24, 2.45) is 5.10 Å². The number of para-hydroxylation sites is 2. The van der Waals surface area contributed by atoms with E-state index in [-0.39, 0.29) is 11.7 Å². The van der Waals surface area contributed by atoms with E-state index in [0.29, 0.717) is 35.0 Å². The third kappa shape index (κ3) is 5.92. The zero-order valence-corrected chi connectivity index (χ0v) is 24.1. The van der Waals surface area contributed by atoms with Crippen molar-refractivity contribution >= 4 is 23.4 Å². The molecule has 218 valence electrons. The number of carbonyl (C=O) groups is 1. The van der Waals surface area contributed by atoms with Crippen LogP contribution >= 0.6 is 0 Å². The first-order chi connectivity index (χ1) is 22.1. The number of ether oxygens (including phenoxy) is 1. The summed E-state index contributed by atoms with van der Waals surface area (Å²) >= 11 is 0. The van der Waals surface area contributed by atoms with Gasteiger partial charge in [-0.15, -0.1) is 0 Å². The fourth-order valence-electron chi connectivity index (χ4n) is 5.16. The van der Waals surface area contributed by atoms with Gasteiger partial charge in [-0.1, -0.05) is 91.0 Å². The molecule has 7 heteroatoms. The number of amides is 1. The molecule has 0 radical (unpaired) electrons. The third-order valence-corrected chi connectivity index (χ3v) is 7.42. The number of benzene rings is 5. The Labute approximate surface area is 260 Å². The topological polar surface area (TPSA) is 59.7 Å². The van der Waals surface area contributed by atoms with E-state index in [4.69, 9.17) is 14.9 Å². The van der Waals surface area contributed by atoms with Gasteiger partial charge >= 0.3 is 0 Å². The van der Waals surface area contributed by atoms with Crippen LogP contribution in [-0.4, -0.2) is 21.4 Å². The van der Waals surface area contributed by atoms with Gasteiger partial charge in [-0.2, -0.15) is 15.2 Å². The van der Waals surface area contributed by atoms with E-state index in [1.54, 1.807) is 12.1 Å². The van der Waals surface area contributed by atoms with Crippen LogP contribution in [-0.2, 0) is 11.4 Å². The summed E-state index contributed by atoms with van der Waals surface area (Å²) in [6.45, 7) is 0.291. The quantitative estimate of drug-likeness (QED) is 0.168. The molecule has 6 aromatic rings. The predicted octanol–water partition coefficient (Wildman–Crippen LogP) is 8.09. The summed E-state index contributed by atoms with van der Waals surface area (Å²) < 4.78 is 21.2. The van der Waals surface area contributed by atoms with Crippen molar-refractivity contribution in [1.29, 1.82) is 0 Å². The van der Waals surface area contributed by atoms with Crippen LogP contribution in [0.2, 0.25) is 0 Å². The smallest absolute Gasteiger partial charge is 0.281 e. The summed E-state index contributed by atoms with van der Waals surface area (Å²) in [5, 5.41) is 11.2. The minimum Gasteiger partial charge on any atom is -0.489 e. The number of anilines is 1. The summed E-state index contributed by atoms with van der Waals surface area (Å²) in [6.07, 6.45) is 3.79. The molecule has 0 spiro atoms. The van der Waals surface area contributed by atoms with Gasteiger partial charge in [-0.05, 0) is 60.2 Å². The summed E-state index contributed by atoms with van der Waals surface area (Å²) in [7, 11) is 0. The first kappa shape index (κ1) is 27.7. The van der Waals surface area contributed by atoms with Crippen molar-refractivity contribution in [2.75, 3.05) is 5.01 Å². The highest BCUT2D eigenvalue weighted by molar-refractivity contribution is 6.37. The van der Waals surface area contributed by atoms with Gasteiger partial charge in [0, 0.05) is 22.9 Å². The van der Waals surface area contributed by atoms with Gasteiger partial charge < -0.3 is 4.74 Å². The van der Waals surface area contributed by atoms with Gasteiger partial charge in [-0.3, -0.25) is 4.79 Å². The second-order valence-corrected chi connectivity index (χ2v) is 10.5. The summed E-state index contributed by atoms with van der Waals surface area (Å²) in [4.78, 5) is 14.0. The lowest BCUT2D eigenvalue weighted by Crippen LogP contribution is -2.21. The Hall–Kier alpha value is -6.08. The molecule has 1 aliphatic rings. The average molecular weight is 591 g/mol. The molecular formula is C38H27FN4O2. The number of hydrogen-bond donors (Lipinski definition) is 0. The Morgan fingerprint density at radius 3 is 2.07 bits per heavy atom. The fourth-order valence-corrected chi connectivity index (χ4v) is 5.16. The van der Waals surface area contributed by atoms with E-state index >= 15 is 0 Å². The number of aromatic nitrogens is 2. The molecule has 7 rings (SSSR count). The summed E-state index contributed by atoms with van der Waals surface area (Å²) in [5.41, 5.74) is 6.55. The Morgan fingerprint density at radius 2 is 1.36 bits per heavy atom. The molecule has 0 atom stereocenters. The van der Waals surface area contributed by atoms with Crippen molar-refractivity contribution in [3.63, 3.8) is 0 Å². The maximum Gasteiger partial charge on any atom is 0.281 e. The molecule has 0 saturated carbocycles. The number of halogens is 1. The Morgan fingerprint density at radius 1 is 0.711 bits per heavy atom. The predicted molar refractivity (Wildman–Crippen MR) is 175 cm³/mol. The van der Waals surface area contributed by atoms with Crippen LogP contribution in [0.4, 0.5) is 10.1 Å². The van der Waals surface area contributed by atoms with Crippen LogP contribution in [0.15, 0.2) is 156 Å². The molecule has 0 bridgehead atoms. The van der Waals surface area contributed by atoms with E-state index in [2.05, 4.69) is 0 Å². The van der Waals surface area contributed by atoms with Gasteiger partial charge in [0.25, 0.3) is 5.91 Å². The molecule has 6 nitrogen and oxygen atoms in total. The number of rotatable bonds is 8. The molecule has 1 amide bonds. The second kappa shape index (κ2) is 12.3. The molecule has 1 aromatic heterocycles. The average Bonchev–Trinajstić information content (AvgIpc) is 3.67. The standard InChI is InChI=1S/C38H27FN4O2/c39-31-21-19-27(20-22-31)26-45-34-18-10-13-29(23-34)36-30(25-42(40-36)32-14-6-2-7-15-32)24-35-37(28-11-4-1-5-12-28)41-43(38(35)44)33-16-8-3-9-17-33/h1-25H,26H2. The van der Waals surface area contributed by atoms with Crippen molar-refractivity contribution in [3.8, 4) is 22.7 Å². The second-order valence-electron chi connectivity index (χ2n) is 10.5. The van der Waals surface area contributed by atoms with Gasteiger partial charge in [-0.25, -0.2) is 9.07 Å². The fraction of sp³-hybridized carbons (Fsp3) is 0.0263. The largest absolute Gasteiger partial charge is 0.489 e. The van der Waals surface area contributed by atoms with E-state index in [9.17, 15) is 9.18 Å². The maximum absolute atomic E-state index is 14.0. The lowest BCUT2D eigenvalue weighted by Gasteiger charge is -2.11. The van der Waals surface area contributed by atoms with Crippen LogP contribution in [0.25, 0.3) is 23.0 Å². The highest BCUT2D eigenvalue weighted by Gasteiger charge is 2.32. The summed E-state index contributed by atoms with van der Waals surface area (Å²) in [6, 6.07) is 42.8. The number of nitrogens with zero attached hydrogens (tertiary/aromatic N) is 4. The molecular weight excluding hydrogens is 563 g/mol. The Balaban J connectivity index is 1.31. The molecule has 2 heterocycles. The highest BCUT2D eigenvalue weighted by Crippen LogP contribution is 2.32. The van der Waals surface area contributed by atoms with Gasteiger partial charge in [0.1, 0.15) is 29.6 Å². The minimum atomic E-state index is -0.288. The maximum atomic E-state index is 14.0. The van der Waals surface area contributed by atoms with E-state index in [1.165, 1.54) is 17.1 Å². The minimum absolute atomic E-state index is 0.227. The van der Waals surface area contributed by atoms with Crippen LogP contribution in [0.3, 0.4) is 0 Å². The molecule has 0 unspecified atom stereocenters. The van der Waals surface area contributed by atoms with Crippen molar-refractivity contribution < 1.29 is 13.9 Å². The van der Waals surface area contributed by atoms with E-state index in [0.717, 1.165) is 27.9 Å². The Bertz CT molecular complexity index is 2020. The lowest BCUT2D eigenvalue weighted by atomic mass is 9.99. The SMILES string of the molecule is O=C1C(=Cc2cn(-c3ccccc3)nc2-c2cccc(OCc3ccc(F)cc3)c2)C(c2ccccc2)=NN1c1ccccc1. The normalized spacial score (nSPS) is 13.7. The molecule has 5 aromatic carbocycles. The molecule has 0 N–H and O–H groups in total. The van der Waals surface area contributed by atoms with Crippen LogP contribution in [0.1, 0.15) is 16.7 Å². The van der Waals surface area contributed by atoms with E-state index < -0.39 is 0 Å². The zero-order valence-electron chi connectivity index (χ0n) is 24.1. The van der Waals surface area contributed by atoms with Crippen molar-refractivity contribution in [3.05, 3.63) is 174 Å². The number of hydrogen-bond acceptors (Lipinski definition) is 4. The van der Waals surface area contributed by atoms with Crippen molar-refractivity contribution in [2.45, 2.75) is 6.61 Å². The Kier molecular flexibility index (Phi) is 7.56. The molecule has 0 fully saturated rings. The molecule has 0 aliphatic carbocycles. The lowest BCUT2D eigenvalue weighted by molar-refractivity contribution is -0.114. The first-order valence-corrected chi connectivity index (χ1v) is 14.5. The van der Waals surface area contributed by atoms with Crippen LogP contribution in [0, 0.1) is 5.82 Å². The third-order valence-electron chi connectivity index (χ3n) is 7.42. The number of carbonyl (C=O) groups excluding carboxylic acids is 1. The number of hydrazone groups is 1.